The molecule has 0 bridgehead atoms. The summed E-state index contributed by atoms with van der Waals surface area (Å²) in [7, 11) is 1.30. The molecule has 0 saturated carbocycles. The molecule has 19 heavy (non-hydrogen) atoms. The van der Waals surface area contributed by atoms with Gasteiger partial charge in [-0.05, 0) is 12.3 Å². The van der Waals surface area contributed by atoms with Gasteiger partial charge in [-0.2, -0.15) is 4.98 Å². The molecule has 0 amide bonds. The maximum atomic E-state index is 11.0. The minimum absolute atomic E-state index is 0.0524. The van der Waals surface area contributed by atoms with Crippen LogP contribution in [0.25, 0.3) is 0 Å². The van der Waals surface area contributed by atoms with Crippen LogP contribution in [-0.4, -0.2) is 39.8 Å². The average Bonchev–Trinajstić information content (AvgIpc) is 2.36. The number of nitrogens with one attached hydrogen (secondary N) is 1. The first-order chi connectivity index (χ1) is 8.99. The summed E-state index contributed by atoms with van der Waals surface area (Å²) < 4.78 is 4.85. The summed E-state index contributed by atoms with van der Waals surface area (Å²) >= 11 is 0. The molecule has 1 unspecified atom stereocenters. The number of methoxy groups -OCH3 is 1. The third-order valence-electron chi connectivity index (χ3n) is 2.48. The normalized spacial score (nSPS) is 12.3. The zero-order chi connectivity index (χ0) is 14.4. The van der Waals surface area contributed by atoms with Gasteiger partial charge in [0.15, 0.2) is 0 Å². The van der Waals surface area contributed by atoms with Gasteiger partial charge in [-0.25, -0.2) is 4.98 Å². The molecule has 0 aliphatic rings. The topological polar surface area (TPSA) is 110 Å². The van der Waals surface area contributed by atoms with Crippen molar-refractivity contribution in [1.29, 1.82) is 0 Å². The number of hydrogen-bond acceptors (Lipinski definition) is 7. The fourth-order valence-electron chi connectivity index (χ4n) is 1.72. The molecule has 2 N–H and O–H groups in total. The Morgan fingerprint density at radius 1 is 1.53 bits per heavy atom. The van der Waals surface area contributed by atoms with Gasteiger partial charge in [0.25, 0.3) is 5.88 Å². The summed E-state index contributed by atoms with van der Waals surface area (Å²) in [5, 5.41) is 23.2. The summed E-state index contributed by atoms with van der Waals surface area (Å²) in [6.07, 6.45) is 1.85. The van der Waals surface area contributed by atoms with Crippen LogP contribution >= 0.6 is 0 Å². The summed E-state index contributed by atoms with van der Waals surface area (Å²) in [5.74, 6) is 0.285. The molecule has 106 valence electrons. The van der Waals surface area contributed by atoms with Crippen LogP contribution in [0.4, 0.5) is 11.5 Å². The van der Waals surface area contributed by atoms with Crippen LogP contribution in [0.1, 0.15) is 20.3 Å². The zero-order valence-electron chi connectivity index (χ0n) is 11.2. The highest BCUT2D eigenvalue weighted by molar-refractivity contribution is 5.61. The minimum atomic E-state index is -0.606. The number of aliphatic hydroxyl groups excluding tert-OH is 1. The van der Waals surface area contributed by atoms with Gasteiger partial charge < -0.3 is 15.2 Å². The Hall–Kier alpha value is -1.96. The molecule has 0 radical (unpaired) electrons. The van der Waals surface area contributed by atoms with Gasteiger partial charge in [-0.15, -0.1) is 0 Å². The first-order valence-electron chi connectivity index (χ1n) is 5.90. The minimum Gasteiger partial charge on any atom is -0.476 e. The second kappa shape index (κ2) is 6.83. The molecular weight excluding hydrogens is 252 g/mol. The van der Waals surface area contributed by atoms with E-state index in [1.807, 2.05) is 13.8 Å². The van der Waals surface area contributed by atoms with Crippen molar-refractivity contribution in [3.8, 4) is 5.88 Å². The van der Waals surface area contributed by atoms with Crippen molar-refractivity contribution < 1.29 is 14.8 Å². The van der Waals surface area contributed by atoms with E-state index in [1.165, 1.54) is 13.4 Å². The van der Waals surface area contributed by atoms with Crippen molar-refractivity contribution in [2.45, 2.75) is 26.3 Å². The van der Waals surface area contributed by atoms with Gasteiger partial charge in [0.05, 0.1) is 24.7 Å². The van der Waals surface area contributed by atoms with Crippen LogP contribution in [0.5, 0.6) is 5.88 Å². The molecule has 0 fully saturated rings. The van der Waals surface area contributed by atoms with E-state index >= 15 is 0 Å². The lowest BCUT2D eigenvalue weighted by molar-refractivity contribution is -0.385. The molecule has 1 rings (SSSR count). The van der Waals surface area contributed by atoms with E-state index in [0.717, 1.165) is 0 Å². The molecule has 8 nitrogen and oxygen atoms in total. The second-order valence-corrected chi connectivity index (χ2v) is 4.49. The summed E-state index contributed by atoms with van der Waals surface area (Å²) in [6, 6.07) is -0.307. The molecule has 1 aromatic rings. The number of nitrogens with zero attached hydrogens (tertiary/aromatic N) is 3. The SMILES string of the molecule is COc1ncnc(NC(CO)CC(C)C)c1[N+](=O)[O-]. The highest BCUT2D eigenvalue weighted by atomic mass is 16.6. The lowest BCUT2D eigenvalue weighted by Gasteiger charge is -2.18. The number of ether oxygens (including phenoxy) is 1. The van der Waals surface area contributed by atoms with E-state index in [9.17, 15) is 15.2 Å². The lowest BCUT2D eigenvalue weighted by Crippen LogP contribution is -2.26. The standard InChI is InChI=1S/C11H18N4O4/c1-7(2)4-8(5-16)14-10-9(15(17)18)11(19-3)13-6-12-10/h6-8,16H,4-5H2,1-3H3,(H,12,13,14). The Bertz CT molecular complexity index is 439. The molecule has 0 spiro atoms. The fourth-order valence-corrected chi connectivity index (χ4v) is 1.72. The first-order valence-corrected chi connectivity index (χ1v) is 5.90. The third-order valence-corrected chi connectivity index (χ3v) is 2.48. The van der Waals surface area contributed by atoms with Crippen molar-refractivity contribution in [1.82, 2.24) is 9.97 Å². The number of nitro groups is 1. The number of aromatic nitrogens is 2. The van der Waals surface area contributed by atoms with E-state index < -0.39 is 4.92 Å². The van der Waals surface area contributed by atoms with Crippen LogP contribution in [0.2, 0.25) is 0 Å². The molecule has 1 aromatic heterocycles. The molecular formula is C11H18N4O4. The maximum Gasteiger partial charge on any atom is 0.372 e. The zero-order valence-corrected chi connectivity index (χ0v) is 11.2. The van der Waals surface area contributed by atoms with Crippen LogP contribution < -0.4 is 10.1 Å². The molecule has 0 saturated heterocycles. The number of anilines is 1. The molecule has 1 atom stereocenters. The van der Waals surface area contributed by atoms with Crippen LogP contribution in [0.15, 0.2) is 6.33 Å². The Balaban J connectivity index is 3.02. The van der Waals surface area contributed by atoms with E-state index in [-0.39, 0.29) is 30.0 Å². The molecule has 0 aliphatic heterocycles. The largest absolute Gasteiger partial charge is 0.476 e. The lowest BCUT2D eigenvalue weighted by atomic mass is 10.0. The quantitative estimate of drug-likeness (QED) is 0.566. The summed E-state index contributed by atoms with van der Waals surface area (Å²) in [6.45, 7) is 3.86. The van der Waals surface area contributed by atoms with Crippen molar-refractivity contribution in [3.05, 3.63) is 16.4 Å². The van der Waals surface area contributed by atoms with Gasteiger partial charge >= 0.3 is 5.69 Å². The van der Waals surface area contributed by atoms with Crippen molar-refractivity contribution in [2.24, 2.45) is 5.92 Å². The van der Waals surface area contributed by atoms with Crippen molar-refractivity contribution in [2.75, 3.05) is 19.0 Å². The highest BCUT2D eigenvalue weighted by Gasteiger charge is 2.25. The molecule has 1 heterocycles. The predicted octanol–water partition coefficient (Wildman–Crippen LogP) is 1.21. The van der Waals surface area contributed by atoms with E-state index in [0.29, 0.717) is 12.3 Å². The van der Waals surface area contributed by atoms with Gasteiger partial charge in [0.2, 0.25) is 5.82 Å². The van der Waals surface area contributed by atoms with Crippen LogP contribution in [-0.2, 0) is 0 Å². The predicted molar refractivity (Wildman–Crippen MR) is 69.2 cm³/mol. The average molecular weight is 270 g/mol. The van der Waals surface area contributed by atoms with Gasteiger partial charge in [-0.3, -0.25) is 10.1 Å². The summed E-state index contributed by atoms with van der Waals surface area (Å²) in [5.41, 5.74) is -0.327. The van der Waals surface area contributed by atoms with E-state index in [1.54, 1.807) is 0 Å². The van der Waals surface area contributed by atoms with Crippen LogP contribution in [0, 0.1) is 16.0 Å². The molecule has 0 aliphatic carbocycles. The third kappa shape index (κ3) is 4.02. The maximum absolute atomic E-state index is 11.0. The highest BCUT2D eigenvalue weighted by Crippen LogP contribution is 2.31. The Morgan fingerprint density at radius 2 is 2.21 bits per heavy atom. The van der Waals surface area contributed by atoms with Crippen molar-refractivity contribution in [3.63, 3.8) is 0 Å². The fraction of sp³-hybridized carbons (Fsp3) is 0.636. The first kappa shape index (κ1) is 15.1. The summed E-state index contributed by atoms with van der Waals surface area (Å²) in [4.78, 5) is 18.0. The number of rotatable bonds is 7. The van der Waals surface area contributed by atoms with E-state index in [4.69, 9.17) is 4.74 Å². The van der Waals surface area contributed by atoms with Gasteiger partial charge in [-0.1, -0.05) is 13.8 Å². The van der Waals surface area contributed by atoms with E-state index in [2.05, 4.69) is 15.3 Å². The Morgan fingerprint density at radius 3 is 2.68 bits per heavy atom. The van der Waals surface area contributed by atoms with Crippen molar-refractivity contribution >= 4 is 11.5 Å². The second-order valence-electron chi connectivity index (χ2n) is 4.49. The Labute approximate surface area is 111 Å². The van der Waals surface area contributed by atoms with Crippen LogP contribution in [0.3, 0.4) is 0 Å². The van der Waals surface area contributed by atoms with Gasteiger partial charge in [0.1, 0.15) is 6.33 Å². The number of aliphatic hydroxyl groups is 1. The van der Waals surface area contributed by atoms with Gasteiger partial charge in [0, 0.05) is 0 Å². The smallest absolute Gasteiger partial charge is 0.372 e. The monoisotopic (exact) mass is 270 g/mol. The molecule has 8 heteroatoms. The Kier molecular flexibility index (Phi) is 5.43. The molecule has 0 aromatic carbocycles. The number of hydrogen-bond donors (Lipinski definition) is 2.